The Kier molecular flexibility index (Phi) is 5.05. The highest BCUT2D eigenvalue weighted by molar-refractivity contribution is 6.06. The van der Waals surface area contributed by atoms with E-state index in [0.29, 0.717) is 37.6 Å². The number of aryl methyl sites for hydroxylation is 2. The number of hydrogen-bond donors (Lipinski definition) is 0. The molecule has 1 saturated heterocycles. The molecule has 0 saturated carbocycles. The number of amides is 2. The number of pyridine rings is 1. The van der Waals surface area contributed by atoms with Gasteiger partial charge in [-0.3, -0.25) is 14.6 Å². The van der Waals surface area contributed by atoms with Gasteiger partial charge in [0.1, 0.15) is 0 Å². The van der Waals surface area contributed by atoms with Gasteiger partial charge in [0.2, 0.25) is 0 Å². The van der Waals surface area contributed by atoms with Crippen LogP contribution in [0.5, 0.6) is 0 Å². The molecule has 1 aromatic carbocycles. The lowest BCUT2D eigenvalue weighted by atomic mass is 10.0. The molecule has 1 atom stereocenters. The Hall–Kier alpha value is -3.22. The number of fused-ring (bicyclic) bond motifs is 1. The lowest BCUT2D eigenvalue weighted by Gasteiger charge is -2.39. The van der Waals surface area contributed by atoms with Crippen LogP contribution in [-0.2, 0) is 6.54 Å². The maximum atomic E-state index is 13.3. The average molecular weight is 391 g/mol. The van der Waals surface area contributed by atoms with Crippen molar-refractivity contribution in [2.75, 3.05) is 19.6 Å². The van der Waals surface area contributed by atoms with E-state index in [4.69, 9.17) is 0 Å². The number of hydrogen-bond acceptors (Lipinski definition) is 4. The minimum Gasteiger partial charge on any atom is -0.332 e. The van der Waals surface area contributed by atoms with E-state index in [1.54, 1.807) is 17.3 Å². The van der Waals surface area contributed by atoms with Gasteiger partial charge in [0.05, 0.1) is 11.1 Å². The van der Waals surface area contributed by atoms with Gasteiger partial charge in [0.15, 0.2) is 5.82 Å². The smallest absolute Gasteiger partial charge is 0.289 e. The molecule has 7 heteroatoms. The molecule has 1 aliphatic rings. The molecule has 0 aliphatic carbocycles. The highest BCUT2D eigenvalue weighted by Crippen LogP contribution is 2.23. The first-order valence-corrected chi connectivity index (χ1v) is 9.97. The maximum absolute atomic E-state index is 13.3. The van der Waals surface area contributed by atoms with Crippen molar-refractivity contribution in [3.8, 4) is 0 Å². The molecule has 2 aromatic heterocycles. The third-order valence-corrected chi connectivity index (χ3v) is 5.64. The van der Waals surface area contributed by atoms with Crippen molar-refractivity contribution in [2.24, 2.45) is 0 Å². The number of nitrogens with zero attached hydrogens (tertiary/aromatic N) is 5. The second-order valence-electron chi connectivity index (χ2n) is 7.47. The summed E-state index contributed by atoms with van der Waals surface area (Å²) in [4.78, 5) is 38.5. The minimum absolute atomic E-state index is 0.0386. The molecule has 29 heavy (non-hydrogen) atoms. The zero-order chi connectivity index (χ0) is 20.5. The number of para-hydroxylation sites is 1. The van der Waals surface area contributed by atoms with Crippen molar-refractivity contribution in [3.05, 3.63) is 59.8 Å². The first-order valence-electron chi connectivity index (χ1n) is 9.97. The topological polar surface area (TPSA) is 71.3 Å². The largest absolute Gasteiger partial charge is 0.332 e. The summed E-state index contributed by atoms with van der Waals surface area (Å²) in [6.45, 7) is 8.14. The molecule has 0 bridgehead atoms. The van der Waals surface area contributed by atoms with Crippen LogP contribution in [0.3, 0.4) is 0 Å². The van der Waals surface area contributed by atoms with Crippen molar-refractivity contribution < 1.29 is 9.59 Å². The van der Waals surface area contributed by atoms with E-state index < -0.39 is 0 Å². The highest BCUT2D eigenvalue weighted by atomic mass is 16.2. The number of imidazole rings is 1. The van der Waals surface area contributed by atoms with Crippen LogP contribution >= 0.6 is 0 Å². The van der Waals surface area contributed by atoms with Gasteiger partial charge in [-0.05, 0) is 38.5 Å². The van der Waals surface area contributed by atoms with Crippen molar-refractivity contribution >= 4 is 22.7 Å². The van der Waals surface area contributed by atoms with Gasteiger partial charge < -0.3 is 14.4 Å². The standard InChI is InChI=1S/C22H25N5O2/c1-4-25-11-10-24-20(25)22(29)26-12-13-27(16(3)14-26)21(28)18-7-5-6-17-15(2)8-9-23-19(17)18/h5-11,16H,4,12-14H2,1-3H3. The zero-order valence-electron chi connectivity index (χ0n) is 17.0. The molecule has 1 fully saturated rings. The number of aromatic nitrogens is 3. The molecule has 0 N–H and O–H groups in total. The molecule has 4 rings (SSSR count). The third kappa shape index (κ3) is 3.37. The summed E-state index contributed by atoms with van der Waals surface area (Å²) < 4.78 is 1.84. The van der Waals surface area contributed by atoms with Crippen LogP contribution in [0, 0.1) is 6.92 Å². The predicted molar refractivity (Wildman–Crippen MR) is 111 cm³/mol. The van der Waals surface area contributed by atoms with Gasteiger partial charge in [-0.1, -0.05) is 12.1 Å². The fourth-order valence-corrected chi connectivity index (χ4v) is 3.99. The summed E-state index contributed by atoms with van der Waals surface area (Å²) in [5.74, 6) is 0.329. The van der Waals surface area contributed by atoms with E-state index >= 15 is 0 Å². The van der Waals surface area contributed by atoms with Crippen molar-refractivity contribution in [3.63, 3.8) is 0 Å². The molecule has 0 spiro atoms. The maximum Gasteiger partial charge on any atom is 0.289 e. The molecule has 2 amide bonds. The summed E-state index contributed by atoms with van der Waals surface area (Å²) in [6, 6.07) is 7.58. The van der Waals surface area contributed by atoms with E-state index in [9.17, 15) is 9.59 Å². The van der Waals surface area contributed by atoms with E-state index in [1.165, 1.54) is 0 Å². The number of rotatable bonds is 3. The second kappa shape index (κ2) is 7.66. The Morgan fingerprint density at radius 3 is 2.69 bits per heavy atom. The van der Waals surface area contributed by atoms with E-state index in [2.05, 4.69) is 9.97 Å². The summed E-state index contributed by atoms with van der Waals surface area (Å²) in [5.41, 5.74) is 2.44. The summed E-state index contributed by atoms with van der Waals surface area (Å²) in [6.07, 6.45) is 5.20. The molecular weight excluding hydrogens is 366 g/mol. The summed E-state index contributed by atoms with van der Waals surface area (Å²) >= 11 is 0. The number of carbonyl (C=O) groups is 2. The Bertz CT molecular complexity index is 1070. The van der Waals surface area contributed by atoms with Crippen molar-refractivity contribution in [2.45, 2.75) is 33.4 Å². The summed E-state index contributed by atoms with van der Waals surface area (Å²) in [7, 11) is 0. The van der Waals surface area contributed by atoms with E-state index in [-0.39, 0.29) is 17.9 Å². The van der Waals surface area contributed by atoms with Gasteiger partial charge in [0, 0.05) is 56.2 Å². The first-order chi connectivity index (χ1) is 14.0. The lowest BCUT2D eigenvalue weighted by Crippen LogP contribution is -2.55. The van der Waals surface area contributed by atoms with Gasteiger partial charge in [-0.25, -0.2) is 4.98 Å². The highest BCUT2D eigenvalue weighted by Gasteiger charge is 2.32. The molecule has 150 valence electrons. The van der Waals surface area contributed by atoms with Crippen molar-refractivity contribution in [1.82, 2.24) is 24.3 Å². The normalized spacial score (nSPS) is 17.0. The van der Waals surface area contributed by atoms with Gasteiger partial charge >= 0.3 is 0 Å². The van der Waals surface area contributed by atoms with Crippen LogP contribution in [0.25, 0.3) is 10.9 Å². The monoisotopic (exact) mass is 391 g/mol. The quantitative estimate of drug-likeness (QED) is 0.688. The van der Waals surface area contributed by atoms with Crippen LogP contribution in [0.15, 0.2) is 42.9 Å². The van der Waals surface area contributed by atoms with Crippen LogP contribution in [-0.4, -0.2) is 61.8 Å². The van der Waals surface area contributed by atoms with Gasteiger partial charge in [-0.15, -0.1) is 0 Å². The molecule has 3 heterocycles. The predicted octanol–water partition coefficient (Wildman–Crippen LogP) is 2.75. The van der Waals surface area contributed by atoms with Gasteiger partial charge in [0.25, 0.3) is 11.8 Å². The fourth-order valence-electron chi connectivity index (χ4n) is 3.99. The Labute approximate surface area is 170 Å². The van der Waals surface area contributed by atoms with Crippen LogP contribution in [0.4, 0.5) is 0 Å². The molecular formula is C22H25N5O2. The molecule has 3 aromatic rings. The minimum atomic E-state index is -0.0923. The Balaban J connectivity index is 1.54. The Morgan fingerprint density at radius 2 is 1.93 bits per heavy atom. The fraction of sp³-hybridized carbons (Fsp3) is 0.364. The van der Waals surface area contributed by atoms with E-state index in [0.717, 1.165) is 16.5 Å². The Morgan fingerprint density at radius 1 is 1.10 bits per heavy atom. The number of benzene rings is 1. The van der Waals surface area contributed by atoms with Crippen molar-refractivity contribution in [1.29, 1.82) is 0 Å². The lowest BCUT2D eigenvalue weighted by molar-refractivity contribution is 0.0407. The SMILES string of the molecule is CCn1ccnc1C(=O)N1CCN(C(=O)c2cccc3c(C)ccnc23)C(C)C1. The molecule has 7 nitrogen and oxygen atoms in total. The molecule has 1 unspecified atom stereocenters. The molecule has 1 aliphatic heterocycles. The van der Waals surface area contributed by atoms with Gasteiger partial charge in [-0.2, -0.15) is 0 Å². The third-order valence-electron chi connectivity index (χ3n) is 5.64. The van der Waals surface area contributed by atoms with Crippen LogP contribution in [0.2, 0.25) is 0 Å². The average Bonchev–Trinajstić information content (AvgIpc) is 3.21. The second-order valence-corrected chi connectivity index (χ2v) is 7.47. The number of piperazine rings is 1. The number of carbonyl (C=O) groups excluding carboxylic acids is 2. The van der Waals surface area contributed by atoms with Crippen LogP contribution < -0.4 is 0 Å². The summed E-state index contributed by atoms with van der Waals surface area (Å²) in [5, 5.41) is 0.992. The van der Waals surface area contributed by atoms with E-state index in [1.807, 2.05) is 60.7 Å². The van der Waals surface area contributed by atoms with Crippen LogP contribution in [0.1, 0.15) is 40.4 Å². The first kappa shape index (κ1) is 19.1. The zero-order valence-corrected chi connectivity index (χ0v) is 17.0. The molecule has 0 radical (unpaired) electrons.